The average Bonchev–Trinajstić information content (AvgIpc) is 2.62. The molecule has 0 atom stereocenters. The molecule has 1 aromatic heterocycles. The first-order valence-corrected chi connectivity index (χ1v) is 7.71. The summed E-state index contributed by atoms with van der Waals surface area (Å²) in [4.78, 5) is 27.7. The molecule has 132 valence electrons. The molecule has 0 aliphatic heterocycles. The van der Waals surface area contributed by atoms with E-state index in [1.807, 2.05) is 0 Å². The van der Waals surface area contributed by atoms with Gasteiger partial charge in [0.1, 0.15) is 16.7 Å². The third kappa shape index (κ3) is 4.98. The summed E-state index contributed by atoms with van der Waals surface area (Å²) in [6.07, 6.45) is 0. The standard InChI is InChI=1S/C16H14Cl2N2O5/c1-23-9-3-5-11(12(7-9)24-2)19-14(21)8-25-16(22)15-10(17)4-6-13(18)20-15/h3-7H,8H2,1-2H3,(H,19,21). The van der Waals surface area contributed by atoms with E-state index in [4.69, 9.17) is 37.4 Å². The number of carbonyl (C=O) groups is 2. The predicted molar refractivity (Wildman–Crippen MR) is 92.7 cm³/mol. The van der Waals surface area contributed by atoms with E-state index in [2.05, 4.69) is 10.3 Å². The van der Waals surface area contributed by atoms with Crippen LogP contribution < -0.4 is 14.8 Å². The zero-order chi connectivity index (χ0) is 18.4. The molecule has 0 saturated heterocycles. The van der Waals surface area contributed by atoms with Gasteiger partial charge in [0, 0.05) is 6.07 Å². The highest BCUT2D eigenvalue weighted by atomic mass is 35.5. The van der Waals surface area contributed by atoms with Crippen LogP contribution in [0.1, 0.15) is 10.5 Å². The molecule has 0 unspecified atom stereocenters. The van der Waals surface area contributed by atoms with Gasteiger partial charge in [0.25, 0.3) is 5.91 Å². The number of anilines is 1. The van der Waals surface area contributed by atoms with Crippen LogP contribution in [0.15, 0.2) is 30.3 Å². The first-order chi connectivity index (χ1) is 11.9. The number of nitrogens with one attached hydrogen (secondary N) is 1. The zero-order valence-corrected chi connectivity index (χ0v) is 14.9. The second-order valence-corrected chi connectivity index (χ2v) is 5.45. The molecule has 0 fully saturated rings. The maximum absolute atomic E-state index is 12.0. The first-order valence-electron chi connectivity index (χ1n) is 6.95. The maximum atomic E-state index is 12.0. The number of pyridine rings is 1. The van der Waals surface area contributed by atoms with Gasteiger partial charge in [0.05, 0.1) is 24.9 Å². The van der Waals surface area contributed by atoms with Crippen LogP contribution in [0.4, 0.5) is 5.69 Å². The average molecular weight is 385 g/mol. The van der Waals surface area contributed by atoms with Crippen molar-refractivity contribution in [3.05, 3.63) is 46.2 Å². The van der Waals surface area contributed by atoms with Crippen molar-refractivity contribution in [1.82, 2.24) is 4.98 Å². The Morgan fingerprint density at radius 3 is 2.56 bits per heavy atom. The third-order valence-corrected chi connectivity index (χ3v) is 3.54. The van der Waals surface area contributed by atoms with E-state index in [1.54, 1.807) is 18.2 Å². The molecular formula is C16H14Cl2N2O5. The highest BCUT2D eigenvalue weighted by Crippen LogP contribution is 2.28. The van der Waals surface area contributed by atoms with Gasteiger partial charge < -0.3 is 19.5 Å². The minimum atomic E-state index is -0.857. The molecule has 9 heteroatoms. The molecule has 25 heavy (non-hydrogen) atoms. The Labute approximate surface area is 153 Å². The Morgan fingerprint density at radius 2 is 1.88 bits per heavy atom. The monoisotopic (exact) mass is 384 g/mol. The number of benzene rings is 1. The highest BCUT2D eigenvalue weighted by molar-refractivity contribution is 6.34. The van der Waals surface area contributed by atoms with Crippen molar-refractivity contribution in [2.24, 2.45) is 0 Å². The van der Waals surface area contributed by atoms with Gasteiger partial charge in [-0.25, -0.2) is 9.78 Å². The molecule has 0 spiro atoms. The number of halogens is 2. The first kappa shape index (κ1) is 18.8. The molecule has 1 amide bonds. The summed E-state index contributed by atoms with van der Waals surface area (Å²) in [5.74, 6) is -0.444. The molecule has 0 bridgehead atoms. The summed E-state index contributed by atoms with van der Waals surface area (Å²) in [5.41, 5.74) is 0.243. The molecule has 0 saturated carbocycles. The van der Waals surface area contributed by atoms with Crippen molar-refractivity contribution in [2.75, 3.05) is 26.1 Å². The van der Waals surface area contributed by atoms with Crippen molar-refractivity contribution < 1.29 is 23.8 Å². The van der Waals surface area contributed by atoms with Gasteiger partial charge in [-0.05, 0) is 24.3 Å². The highest BCUT2D eigenvalue weighted by Gasteiger charge is 2.17. The second-order valence-electron chi connectivity index (χ2n) is 4.65. The Morgan fingerprint density at radius 1 is 1.12 bits per heavy atom. The number of hydrogen-bond donors (Lipinski definition) is 1. The van der Waals surface area contributed by atoms with E-state index in [0.29, 0.717) is 17.2 Å². The number of rotatable bonds is 6. The molecule has 1 aromatic carbocycles. The van der Waals surface area contributed by atoms with Gasteiger partial charge in [-0.3, -0.25) is 4.79 Å². The molecule has 2 aromatic rings. The van der Waals surface area contributed by atoms with Crippen molar-refractivity contribution in [3.8, 4) is 11.5 Å². The lowest BCUT2D eigenvalue weighted by molar-refractivity contribution is -0.119. The predicted octanol–water partition coefficient (Wildman–Crippen LogP) is 3.20. The Hall–Kier alpha value is -2.51. The third-order valence-electron chi connectivity index (χ3n) is 3.02. The molecular weight excluding hydrogens is 371 g/mol. The molecule has 1 heterocycles. The van der Waals surface area contributed by atoms with E-state index in [-0.39, 0.29) is 15.9 Å². The maximum Gasteiger partial charge on any atom is 0.359 e. The summed E-state index contributed by atoms with van der Waals surface area (Å²) in [6.45, 7) is -0.529. The lowest BCUT2D eigenvalue weighted by Gasteiger charge is -2.12. The fourth-order valence-corrected chi connectivity index (χ4v) is 2.18. The quantitative estimate of drug-likeness (QED) is 0.607. The number of aromatic nitrogens is 1. The lowest BCUT2D eigenvalue weighted by atomic mass is 10.2. The van der Waals surface area contributed by atoms with Crippen LogP contribution in [0, 0.1) is 0 Å². The number of hydrogen-bond acceptors (Lipinski definition) is 6. The van der Waals surface area contributed by atoms with Crippen LogP contribution in [0.2, 0.25) is 10.2 Å². The summed E-state index contributed by atoms with van der Waals surface area (Å²) in [7, 11) is 2.97. The molecule has 0 aliphatic rings. The Balaban J connectivity index is 1.99. The van der Waals surface area contributed by atoms with Gasteiger partial charge >= 0.3 is 5.97 Å². The van der Waals surface area contributed by atoms with Gasteiger partial charge in [0.15, 0.2) is 12.3 Å². The Kier molecular flexibility index (Phi) is 6.44. The van der Waals surface area contributed by atoms with Crippen LogP contribution in [0.25, 0.3) is 0 Å². The molecule has 7 nitrogen and oxygen atoms in total. The Bertz CT molecular complexity index is 798. The number of esters is 1. The fourth-order valence-electron chi connectivity index (χ4n) is 1.85. The van der Waals surface area contributed by atoms with Crippen LogP contribution in [0.5, 0.6) is 11.5 Å². The van der Waals surface area contributed by atoms with Crippen molar-refractivity contribution >= 4 is 40.8 Å². The SMILES string of the molecule is COc1ccc(NC(=O)COC(=O)c2nc(Cl)ccc2Cl)c(OC)c1. The topological polar surface area (TPSA) is 86.8 Å². The van der Waals surface area contributed by atoms with Crippen LogP contribution in [-0.4, -0.2) is 37.7 Å². The van der Waals surface area contributed by atoms with Crippen molar-refractivity contribution in [1.29, 1.82) is 0 Å². The van der Waals surface area contributed by atoms with Crippen molar-refractivity contribution in [2.45, 2.75) is 0 Å². The van der Waals surface area contributed by atoms with Gasteiger partial charge in [0.2, 0.25) is 0 Å². The smallest absolute Gasteiger partial charge is 0.359 e. The van der Waals surface area contributed by atoms with Crippen molar-refractivity contribution in [3.63, 3.8) is 0 Å². The number of carbonyl (C=O) groups excluding carboxylic acids is 2. The van der Waals surface area contributed by atoms with Gasteiger partial charge in [-0.1, -0.05) is 23.2 Å². The summed E-state index contributed by atoms with van der Waals surface area (Å²) >= 11 is 11.6. The molecule has 2 rings (SSSR count). The van der Waals surface area contributed by atoms with Crippen LogP contribution in [0.3, 0.4) is 0 Å². The van der Waals surface area contributed by atoms with E-state index < -0.39 is 18.5 Å². The van der Waals surface area contributed by atoms with Crippen LogP contribution in [-0.2, 0) is 9.53 Å². The summed E-state index contributed by atoms with van der Waals surface area (Å²) < 4.78 is 15.1. The minimum absolute atomic E-state index is 0.0756. The molecule has 0 aliphatic carbocycles. The lowest BCUT2D eigenvalue weighted by Crippen LogP contribution is -2.21. The summed E-state index contributed by atoms with van der Waals surface area (Å²) in [6, 6.07) is 7.71. The number of nitrogens with zero attached hydrogens (tertiary/aromatic N) is 1. The van der Waals surface area contributed by atoms with E-state index in [0.717, 1.165) is 0 Å². The van der Waals surface area contributed by atoms with Gasteiger partial charge in [-0.2, -0.15) is 0 Å². The van der Waals surface area contributed by atoms with E-state index in [9.17, 15) is 9.59 Å². The van der Waals surface area contributed by atoms with Gasteiger partial charge in [-0.15, -0.1) is 0 Å². The number of methoxy groups -OCH3 is 2. The van der Waals surface area contributed by atoms with Crippen LogP contribution >= 0.6 is 23.2 Å². The number of amides is 1. The largest absolute Gasteiger partial charge is 0.497 e. The fraction of sp³-hybridized carbons (Fsp3) is 0.188. The number of ether oxygens (including phenoxy) is 3. The zero-order valence-electron chi connectivity index (χ0n) is 13.3. The molecule has 1 N–H and O–H groups in total. The summed E-state index contributed by atoms with van der Waals surface area (Å²) in [5, 5.41) is 2.73. The minimum Gasteiger partial charge on any atom is -0.497 e. The second kappa shape index (κ2) is 8.55. The normalized spacial score (nSPS) is 10.1. The molecule has 0 radical (unpaired) electrons. The van der Waals surface area contributed by atoms with E-state index >= 15 is 0 Å². The van der Waals surface area contributed by atoms with E-state index in [1.165, 1.54) is 26.4 Å².